The van der Waals surface area contributed by atoms with Gasteiger partial charge >= 0.3 is 6.09 Å². The molecule has 148 valence electrons. The highest BCUT2D eigenvalue weighted by Gasteiger charge is 2.47. The quantitative estimate of drug-likeness (QED) is 0.796. The Morgan fingerprint density at radius 2 is 1.96 bits per heavy atom. The molecule has 7 heteroatoms. The van der Waals surface area contributed by atoms with E-state index in [1.807, 2.05) is 4.90 Å². The van der Waals surface area contributed by atoms with Crippen molar-refractivity contribution in [3.8, 4) is 0 Å². The predicted molar refractivity (Wildman–Crippen MR) is 99.8 cm³/mol. The van der Waals surface area contributed by atoms with Crippen molar-refractivity contribution in [2.45, 2.75) is 69.6 Å². The summed E-state index contributed by atoms with van der Waals surface area (Å²) in [7, 11) is 2.17. The molecule has 26 heavy (non-hydrogen) atoms. The van der Waals surface area contributed by atoms with Crippen LogP contribution in [0.1, 0.15) is 51.9 Å². The second kappa shape index (κ2) is 8.13. The number of nitrogens with zero attached hydrogens (tertiary/aromatic N) is 3. The zero-order chi connectivity index (χ0) is 18.7. The molecule has 3 aliphatic rings. The topological polar surface area (TPSA) is 79.1 Å². The van der Waals surface area contributed by atoms with Gasteiger partial charge in [0.05, 0.1) is 12.6 Å². The zero-order valence-electron chi connectivity index (χ0n) is 16.3. The van der Waals surface area contributed by atoms with E-state index in [4.69, 9.17) is 10.5 Å². The molecular formula is C19H34N4O3. The van der Waals surface area contributed by atoms with E-state index in [0.717, 1.165) is 13.1 Å². The summed E-state index contributed by atoms with van der Waals surface area (Å²) in [5.74, 6) is -0.0184. The normalized spacial score (nSPS) is 25.0. The average molecular weight is 367 g/mol. The smallest absolute Gasteiger partial charge is 0.410 e. The van der Waals surface area contributed by atoms with E-state index in [2.05, 4.69) is 11.9 Å². The van der Waals surface area contributed by atoms with Gasteiger partial charge in [-0.3, -0.25) is 4.79 Å². The van der Waals surface area contributed by atoms with Crippen molar-refractivity contribution >= 4 is 12.0 Å². The minimum atomic E-state index is -0.470. The summed E-state index contributed by atoms with van der Waals surface area (Å²) in [6.45, 7) is 5.20. The van der Waals surface area contributed by atoms with Crippen LogP contribution < -0.4 is 5.73 Å². The Morgan fingerprint density at radius 1 is 1.31 bits per heavy atom. The fourth-order valence-corrected chi connectivity index (χ4v) is 4.53. The molecule has 1 aliphatic carbocycles. The van der Waals surface area contributed by atoms with Crippen LogP contribution >= 0.6 is 0 Å². The number of likely N-dealkylation sites (N-methyl/N-ethyl adjacent to an activating group) is 1. The molecule has 0 aromatic carbocycles. The van der Waals surface area contributed by atoms with Crippen LogP contribution in [0.25, 0.3) is 0 Å². The molecule has 0 unspecified atom stereocenters. The van der Waals surface area contributed by atoms with Gasteiger partial charge in [0.25, 0.3) is 0 Å². The lowest BCUT2D eigenvalue weighted by molar-refractivity contribution is -0.135. The van der Waals surface area contributed by atoms with Crippen molar-refractivity contribution < 1.29 is 14.3 Å². The first kappa shape index (κ1) is 19.4. The fourth-order valence-electron chi connectivity index (χ4n) is 4.53. The number of nitrogens with two attached hydrogens (primary N) is 1. The Balaban J connectivity index is 1.47. The Hall–Kier alpha value is -1.34. The second-order valence-electron chi connectivity index (χ2n) is 8.36. The third-order valence-electron chi connectivity index (χ3n) is 6.34. The maximum atomic E-state index is 12.3. The molecule has 0 bridgehead atoms. The summed E-state index contributed by atoms with van der Waals surface area (Å²) in [4.78, 5) is 30.4. The number of carbonyl (C=O) groups is 2. The molecule has 1 atom stereocenters. The van der Waals surface area contributed by atoms with E-state index in [-0.39, 0.29) is 12.0 Å². The van der Waals surface area contributed by atoms with Gasteiger partial charge in [-0.15, -0.1) is 0 Å². The summed E-state index contributed by atoms with van der Waals surface area (Å²) in [6.07, 6.45) is 7.74. The van der Waals surface area contributed by atoms with Crippen LogP contribution in [0.15, 0.2) is 0 Å². The first-order valence-corrected chi connectivity index (χ1v) is 10.1. The second-order valence-corrected chi connectivity index (χ2v) is 8.36. The molecule has 2 N–H and O–H groups in total. The van der Waals surface area contributed by atoms with Gasteiger partial charge in [-0.05, 0) is 26.8 Å². The maximum absolute atomic E-state index is 12.3. The Morgan fingerprint density at radius 3 is 2.58 bits per heavy atom. The lowest BCUT2D eigenvalue weighted by Gasteiger charge is -2.38. The van der Waals surface area contributed by atoms with E-state index in [1.54, 1.807) is 11.8 Å². The molecule has 0 aromatic rings. The summed E-state index contributed by atoms with van der Waals surface area (Å²) in [5, 5.41) is 0. The zero-order valence-corrected chi connectivity index (χ0v) is 16.3. The van der Waals surface area contributed by atoms with E-state index < -0.39 is 11.6 Å². The summed E-state index contributed by atoms with van der Waals surface area (Å²) in [5.41, 5.74) is 5.27. The monoisotopic (exact) mass is 366 g/mol. The van der Waals surface area contributed by atoms with Crippen molar-refractivity contribution in [2.75, 3.05) is 39.8 Å². The third-order valence-corrected chi connectivity index (χ3v) is 6.34. The van der Waals surface area contributed by atoms with Gasteiger partial charge in [-0.1, -0.05) is 19.3 Å². The number of piperidine rings is 1. The molecule has 2 heterocycles. The number of hydrogen-bond donors (Lipinski definition) is 1. The lowest BCUT2D eigenvalue weighted by atomic mass is 9.91. The highest BCUT2D eigenvalue weighted by Crippen LogP contribution is 2.33. The summed E-state index contributed by atoms with van der Waals surface area (Å²) in [6, 6.07) is 0.186. The molecule has 1 saturated carbocycles. The van der Waals surface area contributed by atoms with Crippen LogP contribution in [-0.4, -0.2) is 84.2 Å². The molecule has 0 aromatic heterocycles. The molecule has 2 saturated heterocycles. The van der Waals surface area contributed by atoms with Crippen molar-refractivity contribution in [2.24, 2.45) is 5.73 Å². The van der Waals surface area contributed by atoms with Gasteiger partial charge in [0.1, 0.15) is 5.60 Å². The third kappa shape index (κ3) is 4.31. The fraction of sp³-hybridized carbons (Fsp3) is 0.895. The summed E-state index contributed by atoms with van der Waals surface area (Å²) >= 11 is 0. The minimum Gasteiger partial charge on any atom is -0.441 e. The SMILES string of the molecule is C[C@@H](N)C(=O)N1CCC2(CC1)CN(CCN(C)C1CCCCC1)C(=O)O2. The number of amides is 2. The molecule has 3 rings (SSSR count). The van der Waals surface area contributed by atoms with Gasteiger partial charge in [-0.25, -0.2) is 4.79 Å². The molecule has 7 nitrogen and oxygen atoms in total. The number of carbonyl (C=O) groups excluding carboxylic acids is 2. The lowest BCUT2D eigenvalue weighted by Crippen LogP contribution is -2.52. The average Bonchev–Trinajstić information content (AvgIpc) is 2.95. The van der Waals surface area contributed by atoms with E-state index in [0.29, 0.717) is 38.5 Å². The van der Waals surface area contributed by atoms with E-state index in [9.17, 15) is 9.59 Å². The van der Waals surface area contributed by atoms with Crippen LogP contribution in [0.4, 0.5) is 4.79 Å². The van der Waals surface area contributed by atoms with Crippen LogP contribution in [-0.2, 0) is 9.53 Å². The predicted octanol–water partition coefficient (Wildman–Crippen LogP) is 1.41. The van der Waals surface area contributed by atoms with Gasteiger partial charge in [0, 0.05) is 45.1 Å². The van der Waals surface area contributed by atoms with Crippen LogP contribution in [0.2, 0.25) is 0 Å². The van der Waals surface area contributed by atoms with Gasteiger partial charge in [0.15, 0.2) is 0 Å². The van der Waals surface area contributed by atoms with Crippen molar-refractivity contribution in [3.05, 3.63) is 0 Å². The van der Waals surface area contributed by atoms with Crippen molar-refractivity contribution in [1.82, 2.24) is 14.7 Å². The van der Waals surface area contributed by atoms with Crippen LogP contribution in [0.3, 0.4) is 0 Å². The van der Waals surface area contributed by atoms with Crippen molar-refractivity contribution in [3.63, 3.8) is 0 Å². The first-order chi connectivity index (χ1) is 12.4. The minimum absolute atomic E-state index is 0.0184. The van der Waals surface area contributed by atoms with Gasteiger partial charge in [0.2, 0.25) is 5.91 Å². The van der Waals surface area contributed by atoms with Crippen LogP contribution in [0, 0.1) is 0 Å². The standard InChI is InChI=1S/C19H34N4O3/c1-15(20)17(24)22-10-8-19(9-11-22)14-23(18(25)26-19)13-12-21(2)16-6-4-3-5-7-16/h15-16H,3-14,20H2,1-2H3/t15-/m1/s1. The highest BCUT2D eigenvalue weighted by molar-refractivity contribution is 5.81. The first-order valence-electron chi connectivity index (χ1n) is 10.1. The highest BCUT2D eigenvalue weighted by atomic mass is 16.6. The number of ether oxygens (including phenoxy) is 1. The molecule has 3 fully saturated rings. The number of rotatable bonds is 5. The Bertz CT molecular complexity index is 511. The molecule has 1 spiro atoms. The van der Waals surface area contributed by atoms with Gasteiger partial charge in [-0.2, -0.15) is 0 Å². The molecule has 2 aliphatic heterocycles. The van der Waals surface area contributed by atoms with E-state index in [1.165, 1.54) is 32.1 Å². The summed E-state index contributed by atoms with van der Waals surface area (Å²) < 4.78 is 5.77. The van der Waals surface area contributed by atoms with Crippen molar-refractivity contribution in [1.29, 1.82) is 0 Å². The number of hydrogen-bond acceptors (Lipinski definition) is 5. The Kier molecular flexibility index (Phi) is 6.07. The van der Waals surface area contributed by atoms with E-state index >= 15 is 0 Å². The van der Waals surface area contributed by atoms with Crippen LogP contribution in [0.5, 0.6) is 0 Å². The maximum Gasteiger partial charge on any atom is 0.410 e. The molecule has 0 radical (unpaired) electrons. The van der Waals surface area contributed by atoms with Gasteiger partial charge < -0.3 is 25.2 Å². The molecule has 2 amide bonds. The Labute approximate surface area is 156 Å². The number of likely N-dealkylation sites (tertiary alicyclic amines) is 1. The largest absolute Gasteiger partial charge is 0.441 e. The molecular weight excluding hydrogens is 332 g/mol.